The molecular formula is C17H22ClN5O. The molecule has 1 aliphatic rings. The highest BCUT2D eigenvalue weighted by atomic mass is 35.5. The highest BCUT2D eigenvalue weighted by Crippen LogP contribution is 2.35. The van der Waals surface area contributed by atoms with Crippen LogP contribution in [0.2, 0.25) is 5.02 Å². The number of aryl methyl sites for hydroxylation is 1. The van der Waals surface area contributed by atoms with Crippen molar-refractivity contribution >= 4 is 23.4 Å². The first-order valence-corrected chi connectivity index (χ1v) is 8.42. The van der Waals surface area contributed by atoms with E-state index in [1.807, 2.05) is 31.2 Å². The van der Waals surface area contributed by atoms with E-state index in [1.165, 1.54) is 0 Å². The van der Waals surface area contributed by atoms with E-state index in [2.05, 4.69) is 15.3 Å². The van der Waals surface area contributed by atoms with E-state index in [0.29, 0.717) is 35.7 Å². The standard InChI is InChI=1S/C17H22ClN5O/c1-10-3-2-4-13(18)16(10)24-6-5-21-15-9-14(22-17(20)23-15)11-7-12(19)8-11/h2-4,9,11-12H,5-8,19H2,1H3,(H3,20,21,22,23). The summed E-state index contributed by atoms with van der Waals surface area (Å²) in [4.78, 5) is 8.53. The van der Waals surface area contributed by atoms with Gasteiger partial charge in [-0.2, -0.15) is 4.98 Å². The van der Waals surface area contributed by atoms with Crippen molar-refractivity contribution < 1.29 is 4.74 Å². The van der Waals surface area contributed by atoms with Gasteiger partial charge in [-0.05, 0) is 31.4 Å². The summed E-state index contributed by atoms with van der Waals surface area (Å²) in [5.74, 6) is 2.08. The molecule has 0 unspecified atom stereocenters. The van der Waals surface area contributed by atoms with Crippen molar-refractivity contribution in [3.8, 4) is 5.75 Å². The third kappa shape index (κ3) is 3.88. The number of nitrogens with zero attached hydrogens (tertiary/aromatic N) is 2. The van der Waals surface area contributed by atoms with E-state index in [0.717, 1.165) is 24.1 Å². The Morgan fingerprint density at radius 3 is 2.83 bits per heavy atom. The largest absolute Gasteiger partial charge is 0.490 e. The minimum atomic E-state index is 0.273. The second-order valence-corrected chi connectivity index (χ2v) is 6.53. The Balaban J connectivity index is 1.55. The van der Waals surface area contributed by atoms with Crippen LogP contribution < -0.4 is 21.5 Å². The Hall–Kier alpha value is -2.05. The number of ether oxygens (including phenoxy) is 1. The lowest BCUT2D eigenvalue weighted by atomic mass is 9.78. The fraction of sp³-hybridized carbons (Fsp3) is 0.412. The van der Waals surface area contributed by atoms with Crippen LogP contribution in [0.1, 0.15) is 30.0 Å². The number of rotatable bonds is 6. The van der Waals surface area contributed by atoms with Crippen molar-refractivity contribution in [1.82, 2.24) is 9.97 Å². The predicted octanol–water partition coefficient (Wildman–Crippen LogP) is 2.72. The van der Waals surface area contributed by atoms with E-state index in [1.54, 1.807) is 0 Å². The van der Waals surface area contributed by atoms with Gasteiger partial charge < -0.3 is 21.5 Å². The van der Waals surface area contributed by atoms with E-state index in [4.69, 9.17) is 27.8 Å². The van der Waals surface area contributed by atoms with Crippen LogP contribution in [0.4, 0.5) is 11.8 Å². The summed E-state index contributed by atoms with van der Waals surface area (Å²) >= 11 is 6.14. The molecule has 24 heavy (non-hydrogen) atoms. The zero-order valence-corrected chi connectivity index (χ0v) is 14.4. The number of nitrogen functional groups attached to an aromatic ring is 1. The van der Waals surface area contributed by atoms with Gasteiger partial charge in [0, 0.05) is 18.0 Å². The molecule has 7 heteroatoms. The first-order chi connectivity index (χ1) is 11.5. The number of hydrogen-bond acceptors (Lipinski definition) is 6. The van der Waals surface area contributed by atoms with Crippen LogP contribution in [0, 0.1) is 6.92 Å². The summed E-state index contributed by atoms with van der Waals surface area (Å²) < 4.78 is 5.76. The van der Waals surface area contributed by atoms with Gasteiger partial charge in [0.2, 0.25) is 5.95 Å². The molecule has 1 aromatic heterocycles. The minimum Gasteiger partial charge on any atom is -0.490 e. The van der Waals surface area contributed by atoms with Gasteiger partial charge in [-0.15, -0.1) is 0 Å². The molecule has 2 aromatic rings. The molecule has 0 amide bonds. The molecule has 1 saturated carbocycles. The number of benzene rings is 1. The number of anilines is 2. The number of aromatic nitrogens is 2. The second-order valence-electron chi connectivity index (χ2n) is 6.13. The van der Waals surface area contributed by atoms with Crippen LogP contribution in [-0.4, -0.2) is 29.2 Å². The molecule has 0 spiro atoms. The Morgan fingerprint density at radius 1 is 1.33 bits per heavy atom. The average Bonchev–Trinajstić information content (AvgIpc) is 2.50. The van der Waals surface area contributed by atoms with Gasteiger partial charge in [-0.25, -0.2) is 4.98 Å². The van der Waals surface area contributed by atoms with E-state index >= 15 is 0 Å². The molecule has 0 saturated heterocycles. The second kappa shape index (κ2) is 7.23. The molecule has 3 rings (SSSR count). The van der Waals surface area contributed by atoms with E-state index < -0.39 is 0 Å². The minimum absolute atomic E-state index is 0.273. The fourth-order valence-electron chi connectivity index (χ4n) is 2.82. The molecule has 6 nitrogen and oxygen atoms in total. The maximum absolute atomic E-state index is 6.14. The molecule has 1 aliphatic carbocycles. The molecule has 0 aliphatic heterocycles. The average molecular weight is 348 g/mol. The lowest BCUT2D eigenvalue weighted by Gasteiger charge is -2.32. The van der Waals surface area contributed by atoms with Crippen LogP contribution >= 0.6 is 11.6 Å². The Bertz CT molecular complexity index is 698. The molecule has 0 atom stereocenters. The number of halogens is 1. The van der Waals surface area contributed by atoms with Gasteiger partial charge in [-0.3, -0.25) is 0 Å². The van der Waals surface area contributed by atoms with Gasteiger partial charge in [0.05, 0.1) is 17.3 Å². The van der Waals surface area contributed by atoms with Crippen molar-refractivity contribution in [3.05, 3.63) is 40.5 Å². The quantitative estimate of drug-likeness (QED) is 0.695. The smallest absolute Gasteiger partial charge is 0.222 e. The lowest BCUT2D eigenvalue weighted by molar-refractivity contribution is 0.330. The van der Waals surface area contributed by atoms with Crippen molar-refractivity contribution in [2.75, 3.05) is 24.2 Å². The number of hydrogen-bond donors (Lipinski definition) is 3. The number of para-hydroxylation sites is 1. The zero-order chi connectivity index (χ0) is 17.1. The highest BCUT2D eigenvalue weighted by Gasteiger charge is 2.29. The van der Waals surface area contributed by atoms with Gasteiger partial charge >= 0.3 is 0 Å². The van der Waals surface area contributed by atoms with Crippen LogP contribution in [0.15, 0.2) is 24.3 Å². The van der Waals surface area contributed by atoms with Crippen molar-refractivity contribution in [3.63, 3.8) is 0 Å². The SMILES string of the molecule is Cc1cccc(Cl)c1OCCNc1cc(C2CC(N)C2)nc(N)n1. The summed E-state index contributed by atoms with van der Waals surface area (Å²) in [5.41, 5.74) is 13.6. The summed E-state index contributed by atoms with van der Waals surface area (Å²) in [6.45, 7) is 3.03. The Morgan fingerprint density at radius 2 is 2.12 bits per heavy atom. The summed E-state index contributed by atoms with van der Waals surface area (Å²) in [6, 6.07) is 7.90. The molecule has 5 N–H and O–H groups in total. The first kappa shape index (κ1) is 16.8. The van der Waals surface area contributed by atoms with E-state index in [-0.39, 0.29) is 12.0 Å². The molecule has 1 aromatic carbocycles. The summed E-state index contributed by atoms with van der Waals surface area (Å²) in [6.07, 6.45) is 1.90. The maximum Gasteiger partial charge on any atom is 0.222 e. The third-order valence-electron chi connectivity index (χ3n) is 4.17. The first-order valence-electron chi connectivity index (χ1n) is 8.04. The number of nitrogens with one attached hydrogen (secondary N) is 1. The summed E-state index contributed by atoms with van der Waals surface area (Å²) in [7, 11) is 0. The molecule has 1 fully saturated rings. The van der Waals surface area contributed by atoms with Gasteiger partial charge in [0.15, 0.2) is 0 Å². The molecule has 0 bridgehead atoms. The van der Waals surface area contributed by atoms with Crippen LogP contribution in [0.25, 0.3) is 0 Å². The maximum atomic E-state index is 6.14. The monoisotopic (exact) mass is 347 g/mol. The molecule has 1 heterocycles. The molecule has 128 valence electrons. The topological polar surface area (TPSA) is 99.1 Å². The molecule has 0 radical (unpaired) electrons. The Kier molecular flexibility index (Phi) is 5.06. The van der Waals surface area contributed by atoms with Gasteiger partial charge in [0.25, 0.3) is 0 Å². The van der Waals surface area contributed by atoms with Crippen LogP contribution in [-0.2, 0) is 0 Å². The Labute approximate surface area is 146 Å². The summed E-state index contributed by atoms with van der Waals surface area (Å²) in [5, 5.41) is 3.83. The number of nitrogens with two attached hydrogens (primary N) is 2. The van der Waals surface area contributed by atoms with Gasteiger partial charge in [0.1, 0.15) is 18.2 Å². The molecular weight excluding hydrogens is 326 g/mol. The van der Waals surface area contributed by atoms with Gasteiger partial charge in [-0.1, -0.05) is 23.7 Å². The van der Waals surface area contributed by atoms with Crippen LogP contribution in [0.5, 0.6) is 5.75 Å². The van der Waals surface area contributed by atoms with E-state index in [9.17, 15) is 0 Å². The van der Waals surface area contributed by atoms with Crippen molar-refractivity contribution in [1.29, 1.82) is 0 Å². The highest BCUT2D eigenvalue weighted by molar-refractivity contribution is 6.32. The third-order valence-corrected chi connectivity index (χ3v) is 4.47. The lowest BCUT2D eigenvalue weighted by Crippen LogP contribution is -2.35. The predicted molar refractivity (Wildman–Crippen MR) is 96.6 cm³/mol. The fourth-order valence-corrected chi connectivity index (χ4v) is 3.10. The normalized spacial score (nSPS) is 19.6. The van der Waals surface area contributed by atoms with Crippen molar-refractivity contribution in [2.45, 2.75) is 31.7 Å². The zero-order valence-electron chi connectivity index (χ0n) is 13.6. The van der Waals surface area contributed by atoms with Crippen molar-refractivity contribution in [2.24, 2.45) is 5.73 Å². The van der Waals surface area contributed by atoms with Crippen LogP contribution in [0.3, 0.4) is 0 Å².